The third kappa shape index (κ3) is 2.33. The Morgan fingerprint density at radius 1 is 1.11 bits per heavy atom. The minimum atomic E-state index is -1.37. The summed E-state index contributed by atoms with van der Waals surface area (Å²) in [6.07, 6.45) is 0. The maximum atomic E-state index is 13.2. The lowest BCUT2D eigenvalue weighted by molar-refractivity contribution is 0.0692. The zero-order valence-corrected chi connectivity index (χ0v) is 9.71. The molecule has 1 N–H and O–H groups in total. The molecule has 2 aromatic rings. The van der Waals surface area contributed by atoms with Crippen LogP contribution in [0, 0.1) is 11.6 Å². The molecule has 0 radical (unpaired) electrons. The smallest absolute Gasteiger partial charge is 0.338 e. The molecule has 0 aromatic heterocycles. The van der Waals surface area contributed by atoms with Crippen molar-refractivity contribution in [3.8, 4) is 11.1 Å². The van der Waals surface area contributed by atoms with Crippen LogP contribution in [0.3, 0.4) is 0 Å². The molecule has 0 unspecified atom stereocenters. The minimum Gasteiger partial charge on any atom is -0.478 e. The lowest BCUT2D eigenvalue weighted by Crippen LogP contribution is -2.00. The van der Waals surface area contributed by atoms with Crippen LogP contribution in [0.2, 0.25) is 5.02 Å². The van der Waals surface area contributed by atoms with Gasteiger partial charge in [0.2, 0.25) is 0 Å². The second kappa shape index (κ2) is 4.74. The van der Waals surface area contributed by atoms with Gasteiger partial charge in [-0.25, -0.2) is 13.6 Å². The SMILES string of the molecule is O=C(O)c1cc(-c2ccc(F)cc2Cl)ccc1F. The van der Waals surface area contributed by atoms with Gasteiger partial charge in [-0.05, 0) is 35.9 Å². The van der Waals surface area contributed by atoms with Gasteiger partial charge >= 0.3 is 5.97 Å². The van der Waals surface area contributed by atoms with Gasteiger partial charge in [0.05, 0.1) is 10.6 Å². The van der Waals surface area contributed by atoms with E-state index in [4.69, 9.17) is 16.7 Å². The number of hydrogen-bond acceptors (Lipinski definition) is 1. The van der Waals surface area contributed by atoms with Crippen molar-refractivity contribution in [2.45, 2.75) is 0 Å². The van der Waals surface area contributed by atoms with E-state index in [-0.39, 0.29) is 5.02 Å². The van der Waals surface area contributed by atoms with Crippen LogP contribution in [0.25, 0.3) is 11.1 Å². The quantitative estimate of drug-likeness (QED) is 0.894. The number of carbonyl (C=O) groups is 1. The Morgan fingerprint density at radius 3 is 2.44 bits per heavy atom. The third-order valence-corrected chi connectivity index (χ3v) is 2.75. The highest BCUT2D eigenvalue weighted by atomic mass is 35.5. The van der Waals surface area contributed by atoms with Crippen molar-refractivity contribution >= 4 is 17.6 Å². The van der Waals surface area contributed by atoms with E-state index in [0.29, 0.717) is 11.1 Å². The molecule has 0 aliphatic heterocycles. The Bertz CT molecular complexity index is 626. The Morgan fingerprint density at radius 2 is 1.83 bits per heavy atom. The van der Waals surface area contributed by atoms with Crippen LogP contribution < -0.4 is 0 Å². The van der Waals surface area contributed by atoms with E-state index < -0.39 is 23.2 Å². The van der Waals surface area contributed by atoms with Gasteiger partial charge in [-0.2, -0.15) is 0 Å². The van der Waals surface area contributed by atoms with Crippen LogP contribution in [-0.4, -0.2) is 11.1 Å². The summed E-state index contributed by atoms with van der Waals surface area (Å²) in [7, 11) is 0. The molecule has 0 bridgehead atoms. The summed E-state index contributed by atoms with van der Waals surface area (Å²) in [6.45, 7) is 0. The van der Waals surface area contributed by atoms with Crippen LogP contribution in [0.4, 0.5) is 8.78 Å². The summed E-state index contributed by atoms with van der Waals surface area (Å²) in [5, 5.41) is 8.95. The zero-order valence-electron chi connectivity index (χ0n) is 8.95. The maximum Gasteiger partial charge on any atom is 0.338 e. The second-order valence-electron chi connectivity index (χ2n) is 3.62. The van der Waals surface area contributed by atoms with Crippen molar-refractivity contribution < 1.29 is 18.7 Å². The fourth-order valence-electron chi connectivity index (χ4n) is 1.58. The number of hydrogen-bond donors (Lipinski definition) is 1. The molecule has 2 aromatic carbocycles. The van der Waals surface area contributed by atoms with E-state index in [9.17, 15) is 13.6 Å². The highest BCUT2D eigenvalue weighted by Crippen LogP contribution is 2.29. The van der Waals surface area contributed by atoms with Gasteiger partial charge in [0.25, 0.3) is 0 Å². The van der Waals surface area contributed by atoms with Crippen molar-refractivity contribution in [2.24, 2.45) is 0 Å². The molecular weight excluding hydrogens is 262 g/mol. The fourth-order valence-corrected chi connectivity index (χ4v) is 1.86. The Balaban J connectivity index is 2.58. The first-order valence-corrected chi connectivity index (χ1v) is 5.35. The molecule has 0 spiro atoms. The summed E-state index contributed by atoms with van der Waals surface area (Å²) in [4.78, 5) is 10.8. The molecule has 0 saturated heterocycles. The average molecular weight is 269 g/mol. The van der Waals surface area contributed by atoms with E-state index in [1.165, 1.54) is 18.2 Å². The van der Waals surface area contributed by atoms with E-state index in [1.54, 1.807) is 0 Å². The summed E-state index contributed by atoms with van der Waals surface area (Å²) in [6, 6.07) is 7.32. The number of halogens is 3. The van der Waals surface area contributed by atoms with E-state index in [0.717, 1.165) is 18.2 Å². The van der Waals surface area contributed by atoms with Gasteiger partial charge in [0.15, 0.2) is 0 Å². The Hall–Kier alpha value is -1.94. The summed E-state index contributed by atoms with van der Waals surface area (Å²) < 4.78 is 26.1. The summed E-state index contributed by atoms with van der Waals surface area (Å²) in [5.74, 6) is -2.69. The van der Waals surface area contributed by atoms with E-state index in [1.807, 2.05) is 0 Å². The normalized spacial score (nSPS) is 10.4. The number of carboxylic acid groups (broad SMARTS) is 1. The van der Waals surface area contributed by atoms with Crippen LogP contribution in [-0.2, 0) is 0 Å². The fraction of sp³-hybridized carbons (Fsp3) is 0. The first-order chi connectivity index (χ1) is 8.49. The Labute approximate surface area is 106 Å². The van der Waals surface area contributed by atoms with Gasteiger partial charge in [-0.1, -0.05) is 17.7 Å². The molecule has 0 atom stereocenters. The zero-order chi connectivity index (χ0) is 13.3. The van der Waals surface area contributed by atoms with E-state index in [2.05, 4.69) is 0 Å². The van der Waals surface area contributed by atoms with Crippen molar-refractivity contribution in [3.63, 3.8) is 0 Å². The van der Waals surface area contributed by atoms with Crippen molar-refractivity contribution in [2.75, 3.05) is 0 Å². The summed E-state index contributed by atoms with van der Waals surface area (Å²) >= 11 is 5.85. The number of benzene rings is 2. The standard InChI is InChI=1S/C13H7ClF2O2/c14-11-6-8(15)2-3-9(11)7-1-4-12(16)10(5-7)13(17)18/h1-6H,(H,17,18). The lowest BCUT2D eigenvalue weighted by Gasteiger charge is -2.06. The summed E-state index contributed by atoms with van der Waals surface area (Å²) in [5.41, 5.74) is 0.409. The van der Waals surface area contributed by atoms with Crippen LogP contribution in [0.1, 0.15) is 10.4 Å². The highest BCUT2D eigenvalue weighted by Gasteiger charge is 2.13. The first-order valence-electron chi connectivity index (χ1n) is 4.97. The minimum absolute atomic E-state index is 0.137. The van der Waals surface area contributed by atoms with Gasteiger partial charge < -0.3 is 5.11 Å². The lowest BCUT2D eigenvalue weighted by atomic mass is 10.0. The Kier molecular flexibility index (Phi) is 3.30. The molecule has 0 saturated carbocycles. The van der Waals surface area contributed by atoms with Gasteiger partial charge in [-0.3, -0.25) is 0 Å². The maximum absolute atomic E-state index is 13.2. The number of aromatic carboxylic acids is 1. The molecular formula is C13H7ClF2O2. The van der Waals surface area contributed by atoms with Crippen LogP contribution >= 0.6 is 11.6 Å². The molecule has 18 heavy (non-hydrogen) atoms. The van der Waals surface area contributed by atoms with Crippen molar-refractivity contribution in [1.29, 1.82) is 0 Å². The topological polar surface area (TPSA) is 37.3 Å². The molecule has 0 fully saturated rings. The van der Waals surface area contributed by atoms with Gasteiger partial charge in [0.1, 0.15) is 11.6 Å². The number of rotatable bonds is 2. The third-order valence-electron chi connectivity index (χ3n) is 2.44. The molecule has 5 heteroatoms. The molecule has 2 nitrogen and oxygen atoms in total. The molecule has 2 rings (SSSR count). The first kappa shape index (κ1) is 12.5. The highest BCUT2D eigenvalue weighted by molar-refractivity contribution is 6.33. The molecule has 92 valence electrons. The van der Waals surface area contributed by atoms with E-state index >= 15 is 0 Å². The predicted octanol–water partition coefficient (Wildman–Crippen LogP) is 3.98. The largest absolute Gasteiger partial charge is 0.478 e. The second-order valence-corrected chi connectivity index (χ2v) is 4.03. The monoisotopic (exact) mass is 268 g/mol. The molecule has 0 amide bonds. The number of carboxylic acids is 1. The molecule has 0 aliphatic carbocycles. The average Bonchev–Trinajstić information content (AvgIpc) is 2.30. The molecule has 0 heterocycles. The van der Waals surface area contributed by atoms with Gasteiger partial charge in [0, 0.05) is 5.56 Å². The van der Waals surface area contributed by atoms with Crippen LogP contribution in [0.5, 0.6) is 0 Å². The van der Waals surface area contributed by atoms with Gasteiger partial charge in [-0.15, -0.1) is 0 Å². The van der Waals surface area contributed by atoms with Crippen molar-refractivity contribution in [1.82, 2.24) is 0 Å². The van der Waals surface area contributed by atoms with Crippen molar-refractivity contribution in [3.05, 3.63) is 58.6 Å². The predicted molar refractivity (Wildman–Crippen MR) is 63.8 cm³/mol. The van der Waals surface area contributed by atoms with Crippen LogP contribution in [0.15, 0.2) is 36.4 Å². The molecule has 0 aliphatic rings.